The van der Waals surface area contributed by atoms with Gasteiger partial charge in [-0.1, -0.05) is 35.3 Å². The van der Waals surface area contributed by atoms with E-state index in [1.165, 1.54) is 6.92 Å². The van der Waals surface area contributed by atoms with E-state index in [0.717, 1.165) is 22.4 Å². The first-order chi connectivity index (χ1) is 13.3. The molecule has 0 radical (unpaired) electrons. The van der Waals surface area contributed by atoms with Gasteiger partial charge in [0.25, 0.3) is 5.91 Å². The van der Waals surface area contributed by atoms with Crippen LogP contribution in [0.1, 0.15) is 36.1 Å². The minimum atomic E-state index is -0.640. The lowest BCUT2D eigenvalue weighted by atomic mass is 9.99. The predicted octanol–water partition coefficient (Wildman–Crippen LogP) is 4.60. The van der Waals surface area contributed by atoms with Crippen molar-refractivity contribution in [3.05, 3.63) is 57.1 Å². The summed E-state index contributed by atoms with van der Waals surface area (Å²) in [7, 11) is 0. The number of amides is 2. The molecule has 0 spiro atoms. The number of carbonyl (C=O) groups is 2. The Bertz CT molecular complexity index is 930. The molecule has 28 heavy (non-hydrogen) atoms. The lowest BCUT2D eigenvalue weighted by molar-refractivity contribution is -0.126. The number of nitrogens with zero attached hydrogens (tertiary/aromatic N) is 1. The minimum Gasteiger partial charge on any atom is -0.492 e. The zero-order valence-electron chi connectivity index (χ0n) is 16.0. The third-order valence-corrected chi connectivity index (χ3v) is 5.26. The first-order valence-corrected chi connectivity index (χ1v) is 9.81. The van der Waals surface area contributed by atoms with E-state index < -0.39 is 6.04 Å². The summed E-state index contributed by atoms with van der Waals surface area (Å²) in [6, 6.07) is 8.40. The Morgan fingerprint density at radius 2 is 1.89 bits per heavy atom. The van der Waals surface area contributed by atoms with E-state index in [9.17, 15) is 9.59 Å². The van der Waals surface area contributed by atoms with E-state index in [4.69, 9.17) is 27.9 Å². The van der Waals surface area contributed by atoms with Crippen LogP contribution in [-0.2, 0) is 9.59 Å². The van der Waals surface area contributed by atoms with Crippen molar-refractivity contribution in [3.63, 3.8) is 0 Å². The van der Waals surface area contributed by atoms with E-state index in [2.05, 4.69) is 5.32 Å². The second-order valence-corrected chi connectivity index (χ2v) is 7.71. The van der Waals surface area contributed by atoms with Crippen LogP contribution in [0.15, 0.2) is 30.3 Å². The molecule has 7 heteroatoms. The number of nitrogens with one attached hydrogen (secondary N) is 1. The molecule has 148 valence electrons. The van der Waals surface area contributed by atoms with Crippen molar-refractivity contribution in [2.45, 2.75) is 33.2 Å². The molecule has 1 aliphatic rings. The highest BCUT2D eigenvalue weighted by Gasteiger charge is 2.39. The molecule has 0 aromatic heterocycles. The zero-order chi connectivity index (χ0) is 20.4. The van der Waals surface area contributed by atoms with E-state index in [1.54, 1.807) is 23.1 Å². The molecule has 2 aromatic carbocycles. The largest absolute Gasteiger partial charge is 0.492 e. The molecule has 1 heterocycles. The highest BCUT2D eigenvalue weighted by Crippen LogP contribution is 2.40. The van der Waals surface area contributed by atoms with Crippen LogP contribution in [0.2, 0.25) is 10.0 Å². The number of benzene rings is 2. The fraction of sp³-hybridized carbons (Fsp3) is 0.333. The maximum Gasteiger partial charge on any atom is 0.254 e. The van der Waals surface area contributed by atoms with Gasteiger partial charge in [-0.25, -0.2) is 0 Å². The van der Waals surface area contributed by atoms with Crippen molar-refractivity contribution in [2.24, 2.45) is 0 Å². The van der Waals surface area contributed by atoms with Crippen LogP contribution in [0.25, 0.3) is 0 Å². The maximum absolute atomic E-state index is 13.0. The van der Waals surface area contributed by atoms with E-state index >= 15 is 0 Å². The maximum atomic E-state index is 13.0. The van der Waals surface area contributed by atoms with E-state index in [-0.39, 0.29) is 11.8 Å². The van der Waals surface area contributed by atoms with Gasteiger partial charge in [-0.2, -0.15) is 0 Å². The Hall–Kier alpha value is -2.24. The van der Waals surface area contributed by atoms with Gasteiger partial charge in [0, 0.05) is 24.1 Å². The first-order valence-electron chi connectivity index (χ1n) is 9.06. The average Bonchev–Trinajstić information content (AvgIpc) is 2.90. The summed E-state index contributed by atoms with van der Waals surface area (Å²) in [6.45, 7) is 6.23. The molecule has 5 nitrogen and oxygen atoms in total. The van der Waals surface area contributed by atoms with Crippen molar-refractivity contribution in [2.75, 3.05) is 18.1 Å². The zero-order valence-corrected chi connectivity index (χ0v) is 17.5. The molecule has 0 unspecified atom stereocenters. The van der Waals surface area contributed by atoms with Crippen LogP contribution < -0.4 is 15.0 Å². The van der Waals surface area contributed by atoms with Crippen molar-refractivity contribution < 1.29 is 14.3 Å². The van der Waals surface area contributed by atoms with Crippen LogP contribution in [0.5, 0.6) is 5.75 Å². The lowest BCUT2D eigenvalue weighted by Gasteiger charge is -2.20. The first kappa shape index (κ1) is 20.5. The lowest BCUT2D eigenvalue weighted by Crippen LogP contribution is -2.37. The highest BCUT2D eigenvalue weighted by molar-refractivity contribution is 6.35. The van der Waals surface area contributed by atoms with Gasteiger partial charge in [0.15, 0.2) is 0 Å². The summed E-state index contributed by atoms with van der Waals surface area (Å²) >= 11 is 12.0. The number of anilines is 1. The smallest absolute Gasteiger partial charge is 0.254 e. The van der Waals surface area contributed by atoms with Gasteiger partial charge < -0.3 is 15.0 Å². The van der Waals surface area contributed by atoms with Gasteiger partial charge >= 0.3 is 0 Å². The van der Waals surface area contributed by atoms with Gasteiger partial charge in [0.2, 0.25) is 5.91 Å². The van der Waals surface area contributed by atoms with Gasteiger partial charge in [0.05, 0.1) is 17.3 Å². The molecule has 3 rings (SSSR count). The Morgan fingerprint density at radius 3 is 2.57 bits per heavy atom. The Balaban J connectivity index is 1.73. The van der Waals surface area contributed by atoms with Crippen LogP contribution in [-0.4, -0.2) is 25.0 Å². The van der Waals surface area contributed by atoms with Crippen LogP contribution in [0, 0.1) is 13.8 Å². The normalized spacial score (nSPS) is 15.5. The summed E-state index contributed by atoms with van der Waals surface area (Å²) in [6.07, 6.45) is 0.615. The molecule has 2 aromatic rings. The van der Waals surface area contributed by atoms with Gasteiger partial charge in [-0.05, 0) is 49.6 Å². The summed E-state index contributed by atoms with van der Waals surface area (Å²) in [5.74, 6) is 0.210. The number of aryl methyl sites for hydroxylation is 2. The Morgan fingerprint density at radius 1 is 1.18 bits per heavy atom. The van der Waals surface area contributed by atoms with Crippen molar-refractivity contribution >= 4 is 40.7 Å². The predicted molar refractivity (Wildman–Crippen MR) is 111 cm³/mol. The number of fused-ring (bicyclic) bond motifs is 1. The Labute approximate surface area is 174 Å². The van der Waals surface area contributed by atoms with Crippen molar-refractivity contribution in [1.29, 1.82) is 0 Å². The fourth-order valence-corrected chi connectivity index (χ4v) is 3.95. The van der Waals surface area contributed by atoms with Gasteiger partial charge in [0.1, 0.15) is 11.8 Å². The quantitative estimate of drug-likeness (QED) is 0.694. The van der Waals surface area contributed by atoms with Gasteiger partial charge in [-0.3, -0.25) is 9.59 Å². The average molecular weight is 421 g/mol. The third-order valence-electron chi connectivity index (χ3n) is 4.73. The number of rotatable bonds is 6. The van der Waals surface area contributed by atoms with Crippen LogP contribution >= 0.6 is 23.2 Å². The molecular weight excluding hydrogens is 399 g/mol. The second-order valence-electron chi connectivity index (χ2n) is 6.86. The monoisotopic (exact) mass is 420 g/mol. The third kappa shape index (κ3) is 4.10. The summed E-state index contributed by atoms with van der Waals surface area (Å²) in [4.78, 5) is 26.3. The Kier molecular flexibility index (Phi) is 6.16. The molecule has 0 saturated heterocycles. The van der Waals surface area contributed by atoms with Crippen molar-refractivity contribution in [1.82, 2.24) is 5.32 Å². The number of hydrogen-bond donors (Lipinski definition) is 1. The SMILES string of the molecule is CC(=O)N[C@@H]1C(=O)N(CCCOc2ccc(Cl)cc2Cl)c2c(C)ccc(C)c21. The molecule has 0 bridgehead atoms. The summed E-state index contributed by atoms with van der Waals surface area (Å²) in [5, 5.41) is 3.78. The van der Waals surface area contributed by atoms with E-state index in [0.29, 0.717) is 35.4 Å². The van der Waals surface area contributed by atoms with Crippen molar-refractivity contribution in [3.8, 4) is 5.75 Å². The molecular formula is C21H22Cl2N2O3. The molecule has 1 aliphatic heterocycles. The standard InChI is InChI=1S/C21H22Cl2N2O3/c1-12-5-6-13(2)20-18(12)19(24-14(3)26)21(27)25(20)9-4-10-28-17-8-7-15(22)11-16(17)23/h5-8,11,19H,4,9-10H2,1-3H3,(H,24,26)/t19-/m0/s1. The summed E-state index contributed by atoms with van der Waals surface area (Å²) < 4.78 is 5.72. The van der Waals surface area contributed by atoms with Crippen LogP contribution in [0.3, 0.4) is 0 Å². The van der Waals surface area contributed by atoms with Crippen LogP contribution in [0.4, 0.5) is 5.69 Å². The molecule has 1 N–H and O–H groups in total. The number of ether oxygens (including phenoxy) is 1. The topological polar surface area (TPSA) is 58.6 Å². The minimum absolute atomic E-state index is 0.118. The highest BCUT2D eigenvalue weighted by atomic mass is 35.5. The number of carbonyl (C=O) groups excluding carboxylic acids is 2. The molecule has 0 saturated carbocycles. The number of hydrogen-bond acceptors (Lipinski definition) is 3. The fourth-order valence-electron chi connectivity index (χ4n) is 3.49. The van der Waals surface area contributed by atoms with E-state index in [1.807, 2.05) is 26.0 Å². The molecule has 2 amide bonds. The molecule has 0 fully saturated rings. The second kappa shape index (κ2) is 8.41. The summed E-state index contributed by atoms with van der Waals surface area (Å²) in [5.41, 5.74) is 3.75. The van der Waals surface area contributed by atoms with Gasteiger partial charge in [-0.15, -0.1) is 0 Å². The molecule has 0 aliphatic carbocycles. The molecule has 1 atom stereocenters. The number of halogens is 2.